The summed E-state index contributed by atoms with van der Waals surface area (Å²) in [5, 5.41) is 2.74. The lowest BCUT2D eigenvalue weighted by molar-refractivity contribution is -0.132. The first-order valence-corrected chi connectivity index (χ1v) is 6.65. The molecule has 0 saturated carbocycles. The molecule has 1 aromatic rings. The molecule has 1 rings (SSSR count). The van der Waals surface area contributed by atoms with Gasteiger partial charge in [0, 0.05) is 18.7 Å². The fourth-order valence-electron chi connectivity index (χ4n) is 1.94. The second kappa shape index (κ2) is 6.92. The molecule has 19 heavy (non-hydrogen) atoms. The number of hydrogen-bond acceptors (Lipinski definition) is 2. The minimum atomic E-state index is -0.507. The Morgan fingerprint density at radius 1 is 1.26 bits per heavy atom. The van der Waals surface area contributed by atoms with E-state index in [1.807, 2.05) is 39.0 Å². The zero-order chi connectivity index (χ0) is 14.4. The van der Waals surface area contributed by atoms with Crippen molar-refractivity contribution in [2.24, 2.45) is 0 Å². The molecule has 1 atom stereocenters. The molecule has 0 bridgehead atoms. The van der Waals surface area contributed by atoms with Gasteiger partial charge >= 0.3 is 0 Å². The van der Waals surface area contributed by atoms with E-state index in [1.165, 1.54) is 0 Å². The Balaban J connectivity index is 2.69. The van der Waals surface area contributed by atoms with E-state index in [-0.39, 0.29) is 11.8 Å². The van der Waals surface area contributed by atoms with Crippen molar-refractivity contribution in [1.82, 2.24) is 10.2 Å². The predicted molar refractivity (Wildman–Crippen MR) is 76.0 cm³/mol. The van der Waals surface area contributed by atoms with Crippen molar-refractivity contribution in [3.8, 4) is 0 Å². The van der Waals surface area contributed by atoms with E-state index >= 15 is 0 Å². The van der Waals surface area contributed by atoms with Gasteiger partial charge < -0.3 is 10.2 Å². The van der Waals surface area contributed by atoms with E-state index < -0.39 is 6.04 Å². The molecule has 0 aliphatic heterocycles. The highest BCUT2D eigenvalue weighted by Crippen LogP contribution is 2.04. The number of hydrogen-bond donors (Lipinski definition) is 1. The molecule has 0 heterocycles. The van der Waals surface area contributed by atoms with Gasteiger partial charge in [0.05, 0.1) is 0 Å². The van der Waals surface area contributed by atoms with Crippen LogP contribution in [-0.4, -0.2) is 35.8 Å². The van der Waals surface area contributed by atoms with Gasteiger partial charge in [-0.2, -0.15) is 0 Å². The number of nitrogens with zero attached hydrogens (tertiary/aromatic N) is 1. The summed E-state index contributed by atoms with van der Waals surface area (Å²) in [6, 6.07) is 6.82. The van der Waals surface area contributed by atoms with Crippen LogP contribution in [0.5, 0.6) is 0 Å². The van der Waals surface area contributed by atoms with Crippen LogP contribution >= 0.6 is 0 Å². The molecule has 0 aromatic heterocycles. The Morgan fingerprint density at radius 3 is 2.42 bits per heavy atom. The van der Waals surface area contributed by atoms with Crippen LogP contribution in [0.3, 0.4) is 0 Å². The van der Waals surface area contributed by atoms with Crippen molar-refractivity contribution in [3.63, 3.8) is 0 Å². The van der Waals surface area contributed by atoms with E-state index in [0.717, 1.165) is 5.56 Å². The summed E-state index contributed by atoms with van der Waals surface area (Å²) in [6.45, 7) is 8.81. The highest BCUT2D eigenvalue weighted by Gasteiger charge is 2.20. The Bertz CT molecular complexity index is 453. The van der Waals surface area contributed by atoms with E-state index in [1.54, 1.807) is 17.9 Å². The molecule has 0 spiro atoms. The van der Waals surface area contributed by atoms with Crippen LogP contribution in [0.1, 0.15) is 36.7 Å². The minimum absolute atomic E-state index is 0.0500. The Hall–Kier alpha value is -1.84. The normalized spacial score (nSPS) is 11.8. The lowest BCUT2D eigenvalue weighted by Crippen LogP contribution is -2.46. The summed E-state index contributed by atoms with van der Waals surface area (Å²) in [5.41, 5.74) is 1.61. The van der Waals surface area contributed by atoms with Crippen molar-refractivity contribution >= 4 is 11.8 Å². The third kappa shape index (κ3) is 4.09. The molecule has 4 heteroatoms. The van der Waals surface area contributed by atoms with Gasteiger partial charge in [0.1, 0.15) is 6.04 Å². The maximum atomic E-state index is 12.1. The van der Waals surface area contributed by atoms with Crippen LogP contribution in [0.25, 0.3) is 0 Å². The van der Waals surface area contributed by atoms with Crippen molar-refractivity contribution < 1.29 is 9.59 Å². The fraction of sp³-hybridized carbons (Fsp3) is 0.467. The van der Waals surface area contributed by atoms with Crippen LogP contribution < -0.4 is 5.32 Å². The number of nitrogens with one attached hydrogen (secondary N) is 1. The quantitative estimate of drug-likeness (QED) is 0.882. The van der Waals surface area contributed by atoms with Gasteiger partial charge in [-0.05, 0) is 39.8 Å². The molecule has 0 aliphatic carbocycles. The van der Waals surface area contributed by atoms with Gasteiger partial charge in [0.15, 0.2) is 0 Å². The molecule has 0 radical (unpaired) electrons. The number of carbonyl (C=O) groups is 2. The van der Waals surface area contributed by atoms with Gasteiger partial charge in [0.2, 0.25) is 5.91 Å². The first-order chi connectivity index (χ1) is 8.99. The minimum Gasteiger partial charge on any atom is -0.341 e. The fourth-order valence-corrected chi connectivity index (χ4v) is 1.94. The molecule has 1 unspecified atom stereocenters. The van der Waals surface area contributed by atoms with E-state index in [9.17, 15) is 9.59 Å². The van der Waals surface area contributed by atoms with Gasteiger partial charge in [0.25, 0.3) is 5.91 Å². The topological polar surface area (TPSA) is 49.4 Å². The maximum absolute atomic E-state index is 12.1. The SMILES string of the molecule is CCN(CC)C(=O)C(C)NC(=O)c1cccc(C)c1. The second-order valence-electron chi connectivity index (χ2n) is 4.58. The van der Waals surface area contributed by atoms with Crippen LogP contribution in [0.15, 0.2) is 24.3 Å². The first kappa shape index (κ1) is 15.2. The summed E-state index contributed by atoms with van der Waals surface area (Å²) in [5.74, 6) is -0.261. The van der Waals surface area contributed by atoms with Crippen molar-refractivity contribution in [1.29, 1.82) is 0 Å². The predicted octanol–water partition coefficient (Wildman–Crippen LogP) is 1.98. The number of amides is 2. The Morgan fingerprint density at radius 2 is 1.89 bits per heavy atom. The zero-order valence-electron chi connectivity index (χ0n) is 12.1. The molecular formula is C15H22N2O2. The molecule has 104 valence electrons. The lowest BCUT2D eigenvalue weighted by Gasteiger charge is -2.23. The van der Waals surface area contributed by atoms with E-state index in [0.29, 0.717) is 18.7 Å². The molecular weight excluding hydrogens is 240 g/mol. The third-order valence-corrected chi connectivity index (χ3v) is 3.07. The van der Waals surface area contributed by atoms with E-state index in [2.05, 4.69) is 5.32 Å². The Labute approximate surface area is 114 Å². The smallest absolute Gasteiger partial charge is 0.251 e. The summed E-state index contributed by atoms with van der Waals surface area (Å²) in [4.78, 5) is 25.8. The third-order valence-electron chi connectivity index (χ3n) is 3.07. The molecule has 1 aromatic carbocycles. The van der Waals surface area contributed by atoms with Crippen LogP contribution in [0.4, 0.5) is 0 Å². The monoisotopic (exact) mass is 262 g/mol. The van der Waals surface area contributed by atoms with Crippen LogP contribution in [0.2, 0.25) is 0 Å². The number of carbonyl (C=O) groups excluding carboxylic acids is 2. The lowest BCUT2D eigenvalue weighted by atomic mass is 10.1. The summed E-state index contributed by atoms with van der Waals surface area (Å²) < 4.78 is 0. The molecule has 4 nitrogen and oxygen atoms in total. The number of likely N-dealkylation sites (N-methyl/N-ethyl adjacent to an activating group) is 1. The van der Waals surface area contributed by atoms with Crippen molar-refractivity contribution in [2.45, 2.75) is 33.7 Å². The number of aryl methyl sites for hydroxylation is 1. The van der Waals surface area contributed by atoms with Gasteiger partial charge in [-0.3, -0.25) is 9.59 Å². The van der Waals surface area contributed by atoms with Gasteiger partial charge in [-0.15, -0.1) is 0 Å². The number of rotatable bonds is 5. The average molecular weight is 262 g/mol. The summed E-state index contributed by atoms with van der Waals surface area (Å²) in [7, 11) is 0. The highest BCUT2D eigenvalue weighted by molar-refractivity contribution is 5.97. The molecule has 0 fully saturated rings. The van der Waals surface area contributed by atoms with Crippen molar-refractivity contribution in [3.05, 3.63) is 35.4 Å². The summed E-state index contributed by atoms with van der Waals surface area (Å²) >= 11 is 0. The van der Waals surface area contributed by atoms with Crippen molar-refractivity contribution in [2.75, 3.05) is 13.1 Å². The largest absolute Gasteiger partial charge is 0.341 e. The highest BCUT2D eigenvalue weighted by atomic mass is 16.2. The van der Waals surface area contributed by atoms with Gasteiger partial charge in [-0.1, -0.05) is 17.7 Å². The van der Waals surface area contributed by atoms with Crippen LogP contribution in [-0.2, 0) is 4.79 Å². The number of benzene rings is 1. The van der Waals surface area contributed by atoms with Gasteiger partial charge in [-0.25, -0.2) is 0 Å². The zero-order valence-corrected chi connectivity index (χ0v) is 12.1. The average Bonchev–Trinajstić information content (AvgIpc) is 2.39. The van der Waals surface area contributed by atoms with E-state index in [4.69, 9.17) is 0 Å². The molecule has 2 amide bonds. The van der Waals surface area contributed by atoms with Crippen LogP contribution in [0, 0.1) is 6.92 Å². The molecule has 1 N–H and O–H groups in total. The molecule has 0 aliphatic rings. The summed E-state index contributed by atoms with van der Waals surface area (Å²) in [6.07, 6.45) is 0. The first-order valence-electron chi connectivity index (χ1n) is 6.65. The maximum Gasteiger partial charge on any atom is 0.251 e. The second-order valence-corrected chi connectivity index (χ2v) is 4.58. The molecule has 0 saturated heterocycles. The Kier molecular flexibility index (Phi) is 5.55. The standard InChI is InChI=1S/C15H22N2O2/c1-5-17(6-2)15(19)12(4)16-14(18)13-9-7-8-11(3)10-13/h7-10,12H,5-6H2,1-4H3,(H,16,18).